The van der Waals surface area contributed by atoms with E-state index in [1.165, 1.54) is 27.7 Å². The van der Waals surface area contributed by atoms with Crippen LogP contribution in [-0.4, -0.2) is 36.9 Å². The van der Waals surface area contributed by atoms with Crippen LogP contribution >= 0.6 is 22.7 Å². The average Bonchev–Trinajstić information content (AvgIpc) is 3.48. The number of anilines is 1. The van der Waals surface area contributed by atoms with E-state index in [9.17, 15) is 4.79 Å². The third-order valence-corrected chi connectivity index (χ3v) is 6.40. The molecule has 0 fully saturated rings. The second-order valence-corrected chi connectivity index (χ2v) is 8.59. The Bertz CT molecular complexity index is 1250. The number of aromatic nitrogens is 1. The second-order valence-electron chi connectivity index (χ2n) is 6.60. The number of rotatable bonds is 5. The van der Waals surface area contributed by atoms with Gasteiger partial charge in [0, 0.05) is 4.88 Å². The standard InChI is InChI=1S/C22H17N3O4S2/c1-27-14-8-9-16-20(11-14)31-22(24-16)25(23-12-15-5-4-10-30-15)21(26)19-13-28-17-6-2-3-7-18(17)29-19/h2-12,19H,13H2,1H3/b23-12+. The lowest BCUT2D eigenvalue weighted by molar-refractivity contribution is -0.127. The van der Waals surface area contributed by atoms with Crippen LogP contribution in [0, 0.1) is 0 Å². The third-order valence-electron chi connectivity index (χ3n) is 4.60. The van der Waals surface area contributed by atoms with E-state index in [4.69, 9.17) is 14.2 Å². The van der Waals surface area contributed by atoms with Crippen LogP contribution in [0.25, 0.3) is 10.2 Å². The molecule has 2 aromatic carbocycles. The maximum Gasteiger partial charge on any atom is 0.294 e. The summed E-state index contributed by atoms with van der Waals surface area (Å²) in [7, 11) is 1.61. The maximum absolute atomic E-state index is 13.4. The Balaban J connectivity index is 1.49. The highest BCUT2D eigenvalue weighted by Gasteiger charge is 2.33. The number of thiazole rings is 1. The van der Waals surface area contributed by atoms with E-state index in [-0.39, 0.29) is 12.5 Å². The Labute approximate surface area is 186 Å². The first-order chi connectivity index (χ1) is 15.2. The Kier molecular flexibility index (Phi) is 5.27. The molecule has 2 aromatic heterocycles. The molecular formula is C22H17N3O4S2. The molecular weight excluding hydrogens is 434 g/mol. The summed E-state index contributed by atoms with van der Waals surface area (Å²) in [4.78, 5) is 19.0. The molecule has 0 saturated carbocycles. The van der Waals surface area contributed by atoms with Crippen molar-refractivity contribution in [1.29, 1.82) is 0 Å². The lowest BCUT2D eigenvalue weighted by Gasteiger charge is -2.27. The largest absolute Gasteiger partial charge is 0.497 e. The number of methoxy groups -OCH3 is 1. The molecule has 156 valence electrons. The van der Waals surface area contributed by atoms with E-state index < -0.39 is 6.10 Å². The highest BCUT2D eigenvalue weighted by molar-refractivity contribution is 7.22. The van der Waals surface area contributed by atoms with Gasteiger partial charge in [-0.1, -0.05) is 29.5 Å². The first kappa shape index (κ1) is 19.5. The third kappa shape index (κ3) is 3.97. The minimum absolute atomic E-state index is 0.0968. The van der Waals surface area contributed by atoms with Gasteiger partial charge in [0.25, 0.3) is 5.91 Å². The van der Waals surface area contributed by atoms with Gasteiger partial charge in [-0.25, -0.2) is 4.98 Å². The van der Waals surface area contributed by atoms with Crippen molar-refractivity contribution in [3.05, 3.63) is 64.9 Å². The normalized spacial score (nSPS) is 15.3. The molecule has 5 rings (SSSR count). The van der Waals surface area contributed by atoms with Crippen molar-refractivity contribution in [2.75, 3.05) is 18.7 Å². The zero-order valence-corrected chi connectivity index (χ0v) is 18.1. The molecule has 31 heavy (non-hydrogen) atoms. The van der Waals surface area contributed by atoms with Crippen LogP contribution in [0.1, 0.15) is 4.88 Å². The van der Waals surface area contributed by atoms with Crippen LogP contribution in [-0.2, 0) is 4.79 Å². The number of para-hydroxylation sites is 2. The van der Waals surface area contributed by atoms with E-state index in [0.29, 0.717) is 16.6 Å². The molecule has 4 aromatic rings. The zero-order chi connectivity index (χ0) is 21.2. The summed E-state index contributed by atoms with van der Waals surface area (Å²) in [5.41, 5.74) is 0.760. The number of hydrogen-bond acceptors (Lipinski definition) is 8. The summed E-state index contributed by atoms with van der Waals surface area (Å²) in [5, 5.41) is 8.14. The first-order valence-electron chi connectivity index (χ1n) is 9.46. The van der Waals surface area contributed by atoms with Gasteiger partial charge in [0.05, 0.1) is 23.5 Å². The molecule has 1 aliphatic rings. The van der Waals surface area contributed by atoms with Gasteiger partial charge in [-0.2, -0.15) is 10.1 Å². The van der Waals surface area contributed by atoms with Crippen molar-refractivity contribution in [2.24, 2.45) is 5.10 Å². The smallest absolute Gasteiger partial charge is 0.294 e. The predicted molar refractivity (Wildman–Crippen MR) is 122 cm³/mol. The molecule has 7 nitrogen and oxygen atoms in total. The van der Waals surface area contributed by atoms with Crippen LogP contribution in [0.3, 0.4) is 0 Å². The SMILES string of the molecule is COc1ccc2nc(N(/N=C/c3cccs3)C(=O)C3COc4ccccc4O3)sc2c1. The molecule has 1 amide bonds. The number of carbonyl (C=O) groups is 1. The van der Waals surface area contributed by atoms with Crippen LogP contribution < -0.4 is 19.2 Å². The van der Waals surface area contributed by atoms with Crippen molar-refractivity contribution in [3.8, 4) is 17.2 Å². The van der Waals surface area contributed by atoms with E-state index in [1.807, 2.05) is 53.9 Å². The van der Waals surface area contributed by atoms with E-state index in [1.54, 1.807) is 19.4 Å². The van der Waals surface area contributed by atoms with E-state index in [0.717, 1.165) is 20.8 Å². The predicted octanol–water partition coefficient (Wildman–Crippen LogP) is 4.57. The fraction of sp³-hybridized carbons (Fsp3) is 0.136. The molecule has 3 heterocycles. The number of thiophene rings is 1. The van der Waals surface area contributed by atoms with Gasteiger partial charge in [-0.15, -0.1) is 11.3 Å². The molecule has 9 heteroatoms. The van der Waals surface area contributed by atoms with E-state index in [2.05, 4.69) is 10.1 Å². The number of ether oxygens (including phenoxy) is 3. The van der Waals surface area contributed by atoms with Crippen molar-refractivity contribution < 1.29 is 19.0 Å². The highest BCUT2D eigenvalue weighted by Crippen LogP contribution is 2.34. The number of carbonyl (C=O) groups excluding carboxylic acids is 1. The van der Waals surface area contributed by atoms with E-state index >= 15 is 0 Å². The lowest BCUT2D eigenvalue weighted by atomic mass is 10.2. The van der Waals surface area contributed by atoms with Crippen LogP contribution in [0.5, 0.6) is 17.2 Å². The van der Waals surface area contributed by atoms with Gasteiger partial charge in [0.2, 0.25) is 11.2 Å². The van der Waals surface area contributed by atoms with Gasteiger partial charge < -0.3 is 14.2 Å². The minimum Gasteiger partial charge on any atom is -0.497 e. The van der Waals surface area contributed by atoms with Crippen molar-refractivity contribution in [3.63, 3.8) is 0 Å². The monoisotopic (exact) mass is 451 g/mol. The fourth-order valence-corrected chi connectivity index (χ4v) is 4.60. The molecule has 0 bridgehead atoms. The zero-order valence-electron chi connectivity index (χ0n) is 16.4. The fourth-order valence-electron chi connectivity index (χ4n) is 3.07. The van der Waals surface area contributed by atoms with Crippen LogP contribution in [0.2, 0.25) is 0 Å². The molecule has 0 N–H and O–H groups in total. The summed E-state index contributed by atoms with van der Waals surface area (Å²) in [6, 6.07) is 16.7. The first-order valence-corrected chi connectivity index (χ1v) is 11.2. The lowest BCUT2D eigenvalue weighted by Crippen LogP contribution is -2.44. The molecule has 1 unspecified atom stereocenters. The number of benzene rings is 2. The molecule has 0 spiro atoms. The van der Waals surface area contributed by atoms with Gasteiger partial charge in [-0.3, -0.25) is 4.79 Å². The Morgan fingerprint density at radius 2 is 2.10 bits per heavy atom. The number of amides is 1. The van der Waals surface area contributed by atoms with Gasteiger partial charge in [0.1, 0.15) is 12.4 Å². The van der Waals surface area contributed by atoms with Crippen LogP contribution in [0.15, 0.2) is 65.1 Å². The van der Waals surface area contributed by atoms with Gasteiger partial charge >= 0.3 is 0 Å². The maximum atomic E-state index is 13.4. The quantitative estimate of drug-likeness (QED) is 0.328. The molecule has 0 saturated heterocycles. The van der Waals surface area contributed by atoms with Gasteiger partial charge in [-0.05, 0) is 41.8 Å². The summed E-state index contributed by atoms with van der Waals surface area (Å²) < 4.78 is 17.8. The molecule has 0 aliphatic carbocycles. The summed E-state index contributed by atoms with van der Waals surface area (Å²) >= 11 is 2.89. The summed E-state index contributed by atoms with van der Waals surface area (Å²) in [6.45, 7) is 0.0968. The van der Waals surface area contributed by atoms with Crippen molar-refractivity contribution >= 4 is 50.1 Å². The van der Waals surface area contributed by atoms with Crippen LogP contribution in [0.4, 0.5) is 5.13 Å². The highest BCUT2D eigenvalue weighted by atomic mass is 32.1. The minimum atomic E-state index is -0.836. The average molecular weight is 452 g/mol. The number of hydrazone groups is 1. The topological polar surface area (TPSA) is 73.2 Å². The number of fused-ring (bicyclic) bond motifs is 2. The number of hydrogen-bond donors (Lipinski definition) is 0. The number of nitrogens with zero attached hydrogens (tertiary/aromatic N) is 3. The summed E-state index contributed by atoms with van der Waals surface area (Å²) in [5.74, 6) is 1.52. The second kappa shape index (κ2) is 8.37. The Morgan fingerprint density at radius 3 is 2.90 bits per heavy atom. The van der Waals surface area contributed by atoms with Crippen molar-refractivity contribution in [2.45, 2.75) is 6.10 Å². The summed E-state index contributed by atoms with van der Waals surface area (Å²) in [6.07, 6.45) is 0.810. The molecule has 0 radical (unpaired) electrons. The van der Waals surface area contributed by atoms with Gasteiger partial charge in [0.15, 0.2) is 11.5 Å². The van der Waals surface area contributed by atoms with Crippen molar-refractivity contribution in [1.82, 2.24) is 4.98 Å². The molecule has 1 atom stereocenters. The Hall–Kier alpha value is -3.43. The molecule has 1 aliphatic heterocycles. The Morgan fingerprint density at radius 1 is 1.23 bits per heavy atom.